The molecular formula is C13H18ClFN2O. The standard InChI is InChI=1S/C13H18ClFN2O/c1-13(2,3)11(7-16)17-12(18)9-6-8(14)4-5-10(9)15/h4-6,11H,7,16H2,1-3H3,(H,17,18). The van der Waals surface area contributed by atoms with Crippen LogP contribution in [-0.4, -0.2) is 18.5 Å². The van der Waals surface area contributed by atoms with Gasteiger partial charge in [-0.25, -0.2) is 4.39 Å². The average molecular weight is 273 g/mol. The molecule has 5 heteroatoms. The number of benzene rings is 1. The van der Waals surface area contributed by atoms with E-state index in [-0.39, 0.29) is 23.6 Å². The number of hydrogen-bond acceptors (Lipinski definition) is 2. The van der Waals surface area contributed by atoms with E-state index in [1.54, 1.807) is 0 Å². The van der Waals surface area contributed by atoms with Crippen LogP contribution in [0.1, 0.15) is 31.1 Å². The van der Waals surface area contributed by atoms with E-state index in [1.807, 2.05) is 20.8 Å². The summed E-state index contributed by atoms with van der Waals surface area (Å²) in [6.45, 7) is 6.16. The third kappa shape index (κ3) is 3.68. The maximum Gasteiger partial charge on any atom is 0.254 e. The Labute approximate surface area is 112 Å². The number of hydrogen-bond donors (Lipinski definition) is 2. The van der Waals surface area contributed by atoms with Gasteiger partial charge < -0.3 is 11.1 Å². The van der Waals surface area contributed by atoms with E-state index < -0.39 is 11.7 Å². The molecule has 3 nitrogen and oxygen atoms in total. The van der Waals surface area contributed by atoms with Crippen LogP contribution < -0.4 is 11.1 Å². The van der Waals surface area contributed by atoms with Crippen molar-refractivity contribution in [1.29, 1.82) is 0 Å². The predicted octanol–water partition coefficient (Wildman–Crippen LogP) is 2.58. The summed E-state index contributed by atoms with van der Waals surface area (Å²) in [5.41, 5.74) is 5.36. The van der Waals surface area contributed by atoms with Crippen molar-refractivity contribution in [3.05, 3.63) is 34.6 Å². The molecule has 3 N–H and O–H groups in total. The van der Waals surface area contributed by atoms with E-state index >= 15 is 0 Å². The van der Waals surface area contributed by atoms with Crippen LogP contribution in [0.5, 0.6) is 0 Å². The lowest BCUT2D eigenvalue weighted by Crippen LogP contribution is -2.48. The van der Waals surface area contributed by atoms with Gasteiger partial charge in [-0.05, 0) is 23.6 Å². The minimum atomic E-state index is -0.596. The molecule has 1 aromatic rings. The lowest BCUT2D eigenvalue weighted by molar-refractivity contribution is 0.0901. The second-order valence-electron chi connectivity index (χ2n) is 5.25. The van der Waals surface area contributed by atoms with Gasteiger partial charge in [0.15, 0.2) is 0 Å². The van der Waals surface area contributed by atoms with Gasteiger partial charge in [0.25, 0.3) is 5.91 Å². The largest absolute Gasteiger partial charge is 0.347 e. The fourth-order valence-corrected chi connectivity index (χ4v) is 1.71. The maximum absolute atomic E-state index is 13.5. The molecule has 0 saturated carbocycles. The molecule has 0 heterocycles. The Morgan fingerprint density at radius 3 is 2.61 bits per heavy atom. The second kappa shape index (κ2) is 5.67. The summed E-state index contributed by atoms with van der Waals surface area (Å²) in [7, 11) is 0. The second-order valence-corrected chi connectivity index (χ2v) is 5.69. The number of carbonyl (C=O) groups is 1. The number of nitrogens with one attached hydrogen (secondary N) is 1. The smallest absolute Gasteiger partial charge is 0.254 e. The van der Waals surface area contributed by atoms with Gasteiger partial charge in [0.1, 0.15) is 5.82 Å². The van der Waals surface area contributed by atoms with Gasteiger partial charge in [0.05, 0.1) is 5.56 Å². The molecule has 1 aromatic carbocycles. The van der Waals surface area contributed by atoms with Crippen LogP contribution in [0, 0.1) is 11.2 Å². The molecule has 0 aliphatic carbocycles. The summed E-state index contributed by atoms with van der Waals surface area (Å²) in [6, 6.07) is 3.65. The van der Waals surface area contributed by atoms with Crippen molar-refractivity contribution in [1.82, 2.24) is 5.32 Å². The molecule has 1 rings (SSSR count). The van der Waals surface area contributed by atoms with Crippen LogP contribution in [-0.2, 0) is 0 Å². The molecule has 1 unspecified atom stereocenters. The van der Waals surface area contributed by atoms with Gasteiger partial charge >= 0.3 is 0 Å². The number of amides is 1. The first-order valence-corrected chi connectivity index (χ1v) is 6.09. The van der Waals surface area contributed by atoms with Gasteiger partial charge in [-0.3, -0.25) is 4.79 Å². The summed E-state index contributed by atoms with van der Waals surface area (Å²) in [5.74, 6) is -1.10. The molecule has 100 valence electrons. The highest BCUT2D eigenvalue weighted by Gasteiger charge is 2.26. The Hall–Kier alpha value is -1.13. The summed E-state index contributed by atoms with van der Waals surface area (Å²) < 4.78 is 13.5. The van der Waals surface area contributed by atoms with Crippen molar-refractivity contribution in [2.45, 2.75) is 26.8 Å². The Kier molecular flexibility index (Phi) is 4.71. The first kappa shape index (κ1) is 14.9. The Bertz CT molecular complexity index is 443. The minimum absolute atomic E-state index is 0.0646. The third-order valence-corrected chi connectivity index (χ3v) is 2.99. The highest BCUT2D eigenvalue weighted by atomic mass is 35.5. The molecule has 0 fully saturated rings. The fourth-order valence-electron chi connectivity index (χ4n) is 1.54. The van der Waals surface area contributed by atoms with Crippen molar-refractivity contribution in [2.75, 3.05) is 6.54 Å². The van der Waals surface area contributed by atoms with Crippen molar-refractivity contribution in [2.24, 2.45) is 11.1 Å². The molecule has 0 bridgehead atoms. The monoisotopic (exact) mass is 272 g/mol. The lowest BCUT2D eigenvalue weighted by Gasteiger charge is -2.30. The van der Waals surface area contributed by atoms with E-state index in [0.717, 1.165) is 0 Å². The molecular weight excluding hydrogens is 255 g/mol. The van der Waals surface area contributed by atoms with E-state index in [1.165, 1.54) is 18.2 Å². The molecule has 18 heavy (non-hydrogen) atoms. The molecule has 0 aliphatic heterocycles. The summed E-state index contributed by atoms with van der Waals surface area (Å²) in [4.78, 5) is 12.0. The van der Waals surface area contributed by atoms with Crippen molar-refractivity contribution >= 4 is 17.5 Å². The number of nitrogens with two attached hydrogens (primary N) is 1. The zero-order chi connectivity index (χ0) is 13.9. The van der Waals surface area contributed by atoms with Crippen molar-refractivity contribution in [3.8, 4) is 0 Å². The quantitative estimate of drug-likeness (QED) is 0.889. The maximum atomic E-state index is 13.5. The Balaban J connectivity index is 2.91. The molecule has 1 amide bonds. The fraction of sp³-hybridized carbons (Fsp3) is 0.462. The van der Waals surface area contributed by atoms with Gasteiger partial charge in [0, 0.05) is 17.6 Å². The number of rotatable bonds is 3. The van der Waals surface area contributed by atoms with Crippen molar-refractivity contribution < 1.29 is 9.18 Å². The highest BCUT2D eigenvalue weighted by Crippen LogP contribution is 2.20. The highest BCUT2D eigenvalue weighted by molar-refractivity contribution is 6.31. The van der Waals surface area contributed by atoms with Crippen molar-refractivity contribution in [3.63, 3.8) is 0 Å². The zero-order valence-corrected chi connectivity index (χ0v) is 11.5. The molecule has 0 aliphatic rings. The van der Waals surface area contributed by atoms with Crippen LogP contribution in [0.3, 0.4) is 0 Å². The van der Waals surface area contributed by atoms with E-state index in [4.69, 9.17) is 17.3 Å². The summed E-state index contributed by atoms with van der Waals surface area (Å²) in [5, 5.41) is 3.05. The average Bonchev–Trinajstić information content (AvgIpc) is 2.27. The first-order valence-electron chi connectivity index (χ1n) is 5.71. The van der Waals surface area contributed by atoms with E-state index in [9.17, 15) is 9.18 Å². The van der Waals surface area contributed by atoms with Crippen LogP contribution in [0.25, 0.3) is 0 Å². The zero-order valence-electron chi connectivity index (χ0n) is 10.8. The number of carbonyl (C=O) groups excluding carboxylic acids is 1. The van der Waals surface area contributed by atoms with E-state index in [0.29, 0.717) is 5.02 Å². The summed E-state index contributed by atoms with van der Waals surface area (Å²) in [6.07, 6.45) is 0. The van der Waals surface area contributed by atoms with Gasteiger partial charge in [-0.2, -0.15) is 0 Å². The topological polar surface area (TPSA) is 55.1 Å². The third-order valence-electron chi connectivity index (χ3n) is 2.76. The van der Waals surface area contributed by atoms with Crippen LogP contribution >= 0.6 is 11.6 Å². The van der Waals surface area contributed by atoms with Crippen LogP contribution in [0.15, 0.2) is 18.2 Å². The molecule has 0 saturated heterocycles. The Morgan fingerprint density at radius 1 is 1.50 bits per heavy atom. The SMILES string of the molecule is CC(C)(C)C(CN)NC(=O)c1cc(Cl)ccc1F. The normalized spacial score (nSPS) is 13.2. The summed E-state index contributed by atoms with van der Waals surface area (Å²) >= 11 is 5.75. The van der Waals surface area contributed by atoms with Crippen LogP contribution in [0.2, 0.25) is 5.02 Å². The molecule has 0 aromatic heterocycles. The van der Waals surface area contributed by atoms with Crippen LogP contribution in [0.4, 0.5) is 4.39 Å². The molecule has 0 radical (unpaired) electrons. The lowest BCUT2D eigenvalue weighted by atomic mass is 9.86. The van der Waals surface area contributed by atoms with E-state index in [2.05, 4.69) is 5.32 Å². The molecule has 1 atom stereocenters. The number of halogens is 2. The Morgan fingerprint density at radius 2 is 2.11 bits per heavy atom. The minimum Gasteiger partial charge on any atom is -0.347 e. The van der Waals surface area contributed by atoms with Gasteiger partial charge in [-0.15, -0.1) is 0 Å². The van der Waals surface area contributed by atoms with Gasteiger partial charge in [-0.1, -0.05) is 32.4 Å². The van der Waals surface area contributed by atoms with Gasteiger partial charge in [0.2, 0.25) is 0 Å². The first-order chi connectivity index (χ1) is 8.25. The molecule has 0 spiro atoms. The predicted molar refractivity (Wildman–Crippen MR) is 71.2 cm³/mol.